The van der Waals surface area contributed by atoms with E-state index in [1.165, 1.54) is 0 Å². The molecule has 6 heteroatoms. The Hall–Kier alpha value is -1.17. The van der Waals surface area contributed by atoms with Crippen molar-refractivity contribution in [3.8, 4) is 0 Å². The van der Waals surface area contributed by atoms with Crippen LogP contribution in [-0.2, 0) is 9.53 Å². The van der Waals surface area contributed by atoms with Gasteiger partial charge < -0.3 is 15.2 Å². The summed E-state index contributed by atoms with van der Waals surface area (Å²) in [6, 6.07) is -0.126. The largest absolute Gasteiger partial charge is 0.481 e. The molecule has 0 unspecified atom stereocenters. The maximum absolute atomic E-state index is 11.7. The minimum Gasteiger partial charge on any atom is -0.481 e. The van der Waals surface area contributed by atoms with Crippen molar-refractivity contribution in [2.75, 3.05) is 5.75 Å². The molecule has 2 N–H and O–H groups in total. The van der Waals surface area contributed by atoms with Gasteiger partial charge in [-0.05, 0) is 40.0 Å². The molecule has 0 saturated carbocycles. The Morgan fingerprint density at radius 3 is 2.25 bits per heavy atom. The van der Waals surface area contributed by atoms with Crippen molar-refractivity contribution in [2.24, 2.45) is 0 Å². The molecule has 0 fully saturated rings. The molecule has 0 aromatic carbocycles. The van der Waals surface area contributed by atoms with Crippen LogP contribution in [-0.4, -0.2) is 34.6 Å². The van der Waals surface area contributed by atoms with Crippen molar-refractivity contribution in [1.29, 1.82) is 0 Å². The van der Waals surface area contributed by atoms with Gasteiger partial charge in [-0.3, -0.25) is 4.79 Å². The van der Waals surface area contributed by atoms with E-state index in [4.69, 9.17) is 9.84 Å². The molecule has 0 aromatic rings. The minimum absolute atomic E-state index is 0.126. The molecule has 0 aliphatic rings. The van der Waals surface area contributed by atoms with Gasteiger partial charge in [-0.25, -0.2) is 4.79 Å². The SMILES string of the molecule is CC(C)(C)OC(=O)N[C@H](C=CCCCCCCCCC(=O)O)CS. The highest BCUT2D eigenvalue weighted by Crippen LogP contribution is 2.10. The number of amides is 1. The molecular formula is C18H33NO4S. The predicted molar refractivity (Wildman–Crippen MR) is 101 cm³/mol. The van der Waals surface area contributed by atoms with E-state index in [1.807, 2.05) is 26.8 Å². The standard InChI is InChI=1S/C18H33NO4S/c1-18(2,3)23-17(22)19-15(14-24)12-10-8-6-4-5-7-9-11-13-16(20)21/h10,12,15,24H,4-9,11,13-14H2,1-3H3,(H,19,22)(H,20,21)/t15-/m1/s1. The first kappa shape index (κ1) is 22.8. The fourth-order valence-corrected chi connectivity index (χ4v) is 2.33. The zero-order valence-electron chi connectivity index (χ0n) is 15.2. The normalized spacial score (nSPS) is 13.0. The van der Waals surface area contributed by atoms with E-state index in [9.17, 15) is 9.59 Å². The molecule has 24 heavy (non-hydrogen) atoms. The van der Waals surface area contributed by atoms with Crippen molar-refractivity contribution in [3.05, 3.63) is 12.2 Å². The van der Waals surface area contributed by atoms with Gasteiger partial charge in [0.05, 0.1) is 6.04 Å². The third kappa shape index (κ3) is 15.7. The Bertz CT molecular complexity index is 391. The third-order valence-electron chi connectivity index (χ3n) is 3.28. The minimum atomic E-state index is -0.709. The molecule has 0 aliphatic heterocycles. The molecule has 1 atom stereocenters. The lowest BCUT2D eigenvalue weighted by Gasteiger charge is -2.21. The average molecular weight is 360 g/mol. The van der Waals surface area contributed by atoms with E-state index in [1.54, 1.807) is 0 Å². The summed E-state index contributed by atoms with van der Waals surface area (Å²) < 4.78 is 5.22. The molecule has 0 bridgehead atoms. The van der Waals surface area contributed by atoms with Crippen molar-refractivity contribution in [2.45, 2.75) is 83.8 Å². The Morgan fingerprint density at radius 2 is 1.71 bits per heavy atom. The molecule has 0 spiro atoms. The second-order valence-electron chi connectivity index (χ2n) is 6.92. The fourth-order valence-electron chi connectivity index (χ4n) is 2.12. The van der Waals surface area contributed by atoms with Gasteiger partial charge in [0.25, 0.3) is 0 Å². The number of thiol groups is 1. The number of hydrogen-bond acceptors (Lipinski definition) is 4. The number of carboxylic acid groups (broad SMARTS) is 1. The van der Waals surface area contributed by atoms with E-state index in [2.05, 4.69) is 24.0 Å². The van der Waals surface area contributed by atoms with Crippen LogP contribution in [0.2, 0.25) is 0 Å². The Morgan fingerprint density at radius 1 is 1.12 bits per heavy atom. The van der Waals surface area contributed by atoms with Gasteiger partial charge in [0, 0.05) is 12.2 Å². The molecule has 0 aromatic heterocycles. The van der Waals surface area contributed by atoms with Crippen LogP contribution in [0.4, 0.5) is 4.79 Å². The molecular weight excluding hydrogens is 326 g/mol. The van der Waals surface area contributed by atoms with Crippen LogP contribution in [0.5, 0.6) is 0 Å². The third-order valence-corrected chi connectivity index (χ3v) is 3.67. The van der Waals surface area contributed by atoms with Crippen molar-refractivity contribution < 1.29 is 19.4 Å². The van der Waals surface area contributed by atoms with E-state index in [0.29, 0.717) is 5.75 Å². The van der Waals surface area contributed by atoms with E-state index in [-0.39, 0.29) is 12.5 Å². The zero-order chi connectivity index (χ0) is 18.4. The van der Waals surface area contributed by atoms with Gasteiger partial charge in [-0.15, -0.1) is 0 Å². The van der Waals surface area contributed by atoms with Crippen LogP contribution in [0.1, 0.15) is 72.1 Å². The van der Waals surface area contributed by atoms with Gasteiger partial charge in [0.1, 0.15) is 5.60 Å². The van der Waals surface area contributed by atoms with Crippen LogP contribution in [0.25, 0.3) is 0 Å². The maximum Gasteiger partial charge on any atom is 0.408 e. The van der Waals surface area contributed by atoms with Gasteiger partial charge >= 0.3 is 12.1 Å². The summed E-state index contributed by atoms with van der Waals surface area (Å²) in [5.41, 5.74) is -0.501. The van der Waals surface area contributed by atoms with Gasteiger partial charge in [0.2, 0.25) is 0 Å². The summed E-state index contributed by atoms with van der Waals surface area (Å²) in [7, 11) is 0. The Labute approximate surface area is 151 Å². The van der Waals surface area contributed by atoms with Crippen LogP contribution < -0.4 is 5.32 Å². The number of allylic oxidation sites excluding steroid dienone is 1. The number of unbranched alkanes of at least 4 members (excludes halogenated alkanes) is 6. The predicted octanol–water partition coefficient (Wildman–Crippen LogP) is 4.57. The van der Waals surface area contributed by atoms with Crippen LogP contribution in [0.3, 0.4) is 0 Å². The fraction of sp³-hybridized carbons (Fsp3) is 0.778. The highest BCUT2D eigenvalue weighted by molar-refractivity contribution is 7.80. The Balaban J connectivity index is 3.72. The van der Waals surface area contributed by atoms with E-state index >= 15 is 0 Å². The number of carboxylic acids is 1. The first-order valence-electron chi connectivity index (χ1n) is 8.73. The number of carbonyl (C=O) groups is 2. The lowest BCUT2D eigenvalue weighted by molar-refractivity contribution is -0.137. The molecule has 1 amide bonds. The number of ether oxygens (including phenoxy) is 1. The van der Waals surface area contributed by atoms with Gasteiger partial charge in [-0.2, -0.15) is 12.6 Å². The van der Waals surface area contributed by atoms with Gasteiger partial charge in [-0.1, -0.05) is 37.8 Å². The zero-order valence-corrected chi connectivity index (χ0v) is 16.1. The van der Waals surface area contributed by atoms with Crippen molar-refractivity contribution >= 4 is 24.7 Å². The number of carbonyl (C=O) groups excluding carboxylic acids is 1. The summed E-state index contributed by atoms with van der Waals surface area (Å²) in [5, 5.41) is 11.3. The summed E-state index contributed by atoms with van der Waals surface area (Å²) in [4.78, 5) is 22.1. The summed E-state index contributed by atoms with van der Waals surface area (Å²) in [6.07, 6.45) is 11.1. The van der Waals surface area contributed by atoms with E-state index in [0.717, 1.165) is 44.9 Å². The first-order valence-corrected chi connectivity index (χ1v) is 9.36. The summed E-state index contributed by atoms with van der Waals surface area (Å²) >= 11 is 4.24. The smallest absolute Gasteiger partial charge is 0.408 e. The highest BCUT2D eigenvalue weighted by Gasteiger charge is 2.17. The number of aliphatic carboxylic acids is 1. The number of alkyl carbamates (subject to hydrolysis) is 1. The highest BCUT2D eigenvalue weighted by atomic mass is 32.1. The van der Waals surface area contributed by atoms with Crippen LogP contribution in [0.15, 0.2) is 12.2 Å². The first-order chi connectivity index (χ1) is 11.2. The van der Waals surface area contributed by atoms with Crippen LogP contribution in [0, 0.1) is 0 Å². The summed E-state index contributed by atoms with van der Waals surface area (Å²) in [6.45, 7) is 5.50. The number of rotatable bonds is 12. The summed E-state index contributed by atoms with van der Waals surface area (Å²) in [5.74, 6) is -0.182. The Kier molecular flexibility index (Phi) is 12.5. The van der Waals surface area contributed by atoms with Crippen molar-refractivity contribution in [3.63, 3.8) is 0 Å². The quantitative estimate of drug-likeness (QED) is 0.271. The van der Waals surface area contributed by atoms with Gasteiger partial charge in [0.15, 0.2) is 0 Å². The monoisotopic (exact) mass is 359 g/mol. The van der Waals surface area contributed by atoms with E-state index < -0.39 is 17.7 Å². The molecule has 0 rings (SSSR count). The van der Waals surface area contributed by atoms with Crippen LogP contribution >= 0.6 is 12.6 Å². The molecule has 5 nitrogen and oxygen atoms in total. The second-order valence-corrected chi connectivity index (χ2v) is 7.28. The molecule has 0 saturated heterocycles. The lowest BCUT2D eigenvalue weighted by atomic mass is 10.1. The molecule has 0 heterocycles. The molecule has 0 aliphatic carbocycles. The van der Waals surface area contributed by atoms with Crippen molar-refractivity contribution in [1.82, 2.24) is 5.32 Å². The molecule has 0 radical (unpaired) electrons. The lowest BCUT2D eigenvalue weighted by Crippen LogP contribution is -2.39. The molecule has 140 valence electrons. The maximum atomic E-state index is 11.7. The second kappa shape index (κ2) is 13.2. The average Bonchev–Trinajstić information content (AvgIpc) is 2.45. The number of hydrogen-bond donors (Lipinski definition) is 3. The number of nitrogens with one attached hydrogen (secondary N) is 1. The topological polar surface area (TPSA) is 75.6 Å².